The van der Waals surface area contributed by atoms with Crippen molar-refractivity contribution in [2.75, 3.05) is 5.32 Å². The average Bonchev–Trinajstić information content (AvgIpc) is 2.66. The number of anilines is 1. The van der Waals surface area contributed by atoms with Gasteiger partial charge in [0.15, 0.2) is 0 Å². The number of aromatic hydroxyl groups is 1. The van der Waals surface area contributed by atoms with E-state index in [1.165, 1.54) is 0 Å². The molecule has 0 unspecified atom stereocenters. The van der Waals surface area contributed by atoms with Crippen molar-refractivity contribution in [3.63, 3.8) is 0 Å². The van der Waals surface area contributed by atoms with E-state index in [0.717, 1.165) is 22.5 Å². The van der Waals surface area contributed by atoms with Crippen LogP contribution in [0.4, 0.5) is 5.69 Å². The molecule has 2 N–H and O–H groups in total. The summed E-state index contributed by atoms with van der Waals surface area (Å²) in [5.74, 6) is -0.0865. The lowest BCUT2D eigenvalue weighted by Gasteiger charge is -2.20. The maximum absolute atomic E-state index is 12.3. The number of amides is 1. The summed E-state index contributed by atoms with van der Waals surface area (Å²) in [5.41, 5.74) is 4.21. The smallest absolute Gasteiger partial charge is 0.229 e. The molecule has 0 aliphatic heterocycles. The van der Waals surface area contributed by atoms with Crippen LogP contribution in [-0.4, -0.2) is 20.8 Å². The Bertz CT molecular complexity index is 739. The van der Waals surface area contributed by atoms with Crippen LogP contribution in [0.25, 0.3) is 0 Å². The predicted molar refractivity (Wildman–Crippen MR) is 91.8 cm³/mol. The van der Waals surface area contributed by atoms with Crippen LogP contribution in [0.5, 0.6) is 5.75 Å². The van der Waals surface area contributed by atoms with Gasteiger partial charge in [-0.05, 0) is 37.0 Å². The van der Waals surface area contributed by atoms with Gasteiger partial charge < -0.3 is 10.4 Å². The molecule has 1 amide bonds. The highest BCUT2D eigenvalue weighted by molar-refractivity contribution is 5.94. The zero-order valence-electron chi connectivity index (χ0n) is 14.7. The minimum Gasteiger partial charge on any atom is -0.506 e. The Morgan fingerprint density at radius 3 is 2.48 bits per heavy atom. The summed E-state index contributed by atoms with van der Waals surface area (Å²) in [4.78, 5) is 12.3. The SMILES string of the molecule is Cc1nn(C)c(C)c1CC(=O)Nc1cc(C(C)(C)C)ccc1O. The maximum Gasteiger partial charge on any atom is 0.229 e. The van der Waals surface area contributed by atoms with E-state index in [2.05, 4.69) is 31.2 Å². The molecule has 0 saturated carbocycles. The first-order chi connectivity index (χ1) is 10.6. The summed E-state index contributed by atoms with van der Waals surface area (Å²) in [6.07, 6.45) is 0.241. The van der Waals surface area contributed by atoms with Gasteiger partial charge in [0.2, 0.25) is 5.91 Å². The summed E-state index contributed by atoms with van der Waals surface area (Å²) in [6.45, 7) is 10.1. The van der Waals surface area contributed by atoms with E-state index >= 15 is 0 Å². The summed E-state index contributed by atoms with van der Waals surface area (Å²) in [6, 6.07) is 5.33. The predicted octanol–water partition coefficient (Wildman–Crippen LogP) is 3.22. The first kappa shape index (κ1) is 17.1. The number of nitrogens with one attached hydrogen (secondary N) is 1. The molecule has 0 saturated heterocycles. The third kappa shape index (κ3) is 3.73. The fraction of sp³-hybridized carbons (Fsp3) is 0.444. The minimum absolute atomic E-state index is 0.0519. The Labute approximate surface area is 137 Å². The standard InChI is InChI=1S/C18H25N3O2/c1-11-14(12(2)21(6)20-11)10-17(23)19-15-9-13(18(3,4)5)7-8-16(15)22/h7-9,22H,10H2,1-6H3,(H,19,23). The zero-order valence-corrected chi connectivity index (χ0v) is 14.7. The van der Waals surface area contributed by atoms with Gasteiger partial charge in [-0.2, -0.15) is 5.10 Å². The Kier molecular flexibility index (Phi) is 4.50. The molecule has 5 nitrogen and oxygen atoms in total. The number of aromatic nitrogens is 2. The van der Waals surface area contributed by atoms with E-state index in [0.29, 0.717) is 5.69 Å². The van der Waals surface area contributed by atoms with Gasteiger partial charge >= 0.3 is 0 Å². The van der Waals surface area contributed by atoms with Crippen molar-refractivity contribution in [1.82, 2.24) is 9.78 Å². The van der Waals surface area contributed by atoms with Crippen molar-refractivity contribution >= 4 is 11.6 Å². The Morgan fingerprint density at radius 1 is 1.30 bits per heavy atom. The normalized spacial score (nSPS) is 11.6. The number of phenolic OH excluding ortho intramolecular Hbond substituents is 1. The maximum atomic E-state index is 12.3. The van der Waals surface area contributed by atoms with Gasteiger partial charge in [0.05, 0.1) is 17.8 Å². The Balaban J connectivity index is 2.20. The fourth-order valence-corrected chi connectivity index (χ4v) is 2.53. The first-order valence-electron chi connectivity index (χ1n) is 7.72. The van der Waals surface area contributed by atoms with Crippen molar-refractivity contribution in [2.24, 2.45) is 7.05 Å². The van der Waals surface area contributed by atoms with Crippen LogP contribution >= 0.6 is 0 Å². The number of carbonyl (C=O) groups excluding carboxylic acids is 1. The van der Waals surface area contributed by atoms with Crippen LogP contribution in [0, 0.1) is 13.8 Å². The highest BCUT2D eigenvalue weighted by Crippen LogP contribution is 2.30. The molecule has 5 heteroatoms. The molecule has 0 radical (unpaired) electrons. The number of benzene rings is 1. The lowest BCUT2D eigenvalue weighted by molar-refractivity contribution is -0.115. The molecule has 23 heavy (non-hydrogen) atoms. The number of phenols is 1. The highest BCUT2D eigenvalue weighted by Gasteiger charge is 2.18. The van der Waals surface area contributed by atoms with E-state index in [1.54, 1.807) is 10.7 Å². The average molecular weight is 315 g/mol. The number of hydrogen-bond acceptors (Lipinski definition) is 3. The number of aryl methyl sites for hydroxylation is 2. The van der Waals surface area contributed by atoms with Gasteiger partial charge in [-0.3, -0.25) is 9.48 Å². The molecule has 124 valence electrons. The van der Waals surface area contributed by atoms with E-state index in [9.17, 15) is 9.90 Å². The molecule has 0 fully saturated rings. The first-order valence-corrected chi connectivity index (χ1v) is 7.72. The van der Waals surface area contributed by atoms with Crippen LogP contribution in [0.3, 0.4) is 0 Å². The van der Waals surface area contributed by atoms with E-state index in [4.69, 9.17) is 0 Å². The van der Waals surface area contributed by atoms with Crippen LogP contribution < -0.4 is 5.32 Å². The lowest BCUT2D eigenvalue weighted by Crippen LogP contribution is -2.17. The molecule has 2 rings (SSSR count). The summed E-state index contributed by atoms with van der Waals surface area (Å²) >= 11 is 0. The van der Waals surface area contributed by atoms with Crippen molar-refractivity contribution < 1.29 is 9.90 Å². The number of hydrogen-bond donors (Lipinski definition) is 2. The molecule has 1 aromatic heterocycles. The largest absolute Gasteiger partial charge is 0.506 e. The van der Waals surface area contributed by atoms with Crippen molar-refractivity contribution in [3.8, 4) is 5.75 Å². The molecule has 2 aromatic rings. The molecule has 0 aliphatic carbocycles. The second-order valence-electron chi connectivity index (χ2n) is 6.98. The van der Waals surface area contributed by atoms with Gasteiger partial charge in [0.25, 0.3) is 0 Å². The molecular weight excluding hydrogens is 290 g/mol. The topological polar surface area (TPSA) is 67.2 Å². The van der Waals surface area contributed by atoms with E-state index in [-0.39, 0.29) is 23.5 Å². The summed E-state index contributed by atoms with van der Waals surface area (Å²) in [5, 5.41) is 17.1. The van der Waals surface area contributed by atoms with Crippen molar-refractivity contribution in [2.45, 2.75) is 46.5 Å². The lowest BCUT2D eigenvalue weighted by atomic mass is 9.87. The minimum atomic E-state index is -0.162. The van der Waals surface area contributed by atoms with Crippen molar-refractivity contribution in [1.29, 1.82) is 0 Å². The monoisotopic (exact) mass is 315 g/mol. The highest BCUT2D eigenvalue weighted by atomic mass is 16.3. The fourth-order valence-electron chi connectivity index (χ4n) is 2.53. The van der Waals surface area contributed by atoms with Gasteiger partial charge in [0.1, 0.15) is 5.75 Å². The van der Waals surface area contributed by atoms with Gasteiger partial charge in [-0.15, -0.1) is 0 Å². The molecule has 0 spiro atoms. The third-order valence-corrected chi connectivity index (χ3v) is 4.13. The van der Waals surface area contributed by atoms with Crippen LogP contribution in [-0.2, 0) is 23.7 Å². The molecule has 0 aliphatic rings. The van der Waals surface area contributed by atoms with Crippen LogP contribution in [0.2, 0.25) is 0 Å². The Morgan fingerprint density at radius 2 is 1.96 bits per heavy atom. The quantitative estimate of drug-likeness (QED) is 0.855. The van der Waals surface area contributed by atoms with Crippen LogP contribution in [0.15, 0.2) is 18.2 Å². The van der Waals surface area contributed by atoms with Gasteiger partial charge in [0, 0.05) is 18.3 Å². The Hall–Kier alpha value is -2.30. The second-order valence-corrected chi connectivity index (χ2v) is 6.98. The summed E-state index contributed by atoms with van der Waals surface area (Å²) < 4.78 is 1.77. The van der Waals surface area contributed by atoms with E-state index in [1.807, 2.05) is 33.0 Å². The van der Waals surface area contributed by atoms with Crippen LogP contribution in [0.1, 0.15) is 43.3 Å². The molecular formula is C18H25N3O2. The van der Waals surface area contributed by atoms with Crippen molar-refractivity contribution in [3.05, 3.63) is 40.7 Å². The molecule has 1 aromatic carbocycles. The van der Waals surface area contributed by atoms with E-state index < -0.39 is 0 Å². The second kappa shape index (κ2) is 6.07. The third-order valence-electron chi connectivity index (χ3n) is 4.13. The molecule has 0 bridgehead atoms. The molecule has 0 atom stereocenters. The summed E-state index contributed by atoms with van der Waals surface area (Å²) in [7, 11) is 1.86. The van der Waals surface area contributed by atoms with Gasteiger partial charge in [-0.25, -0.2) is 0 Å². The zero-order chi connectivity index (χ0) is 17.4. The van der Waals surface area contributed by atoms with Gasteiger partial charge in [-0.1, -0.05) is 26.8 Å². The molecule has 1 heterocycles. The number of nitrogens with zero attached hydrogens (tertiary/aromatic N) is 2. The number of rotatable bonds is 3. The number of carbonyl (C=O) groups is 1.